The lowest BCUT2D eigenvalue weighted by molar-refractivity contribution is -0.0328. The van der Waals surface area contributed by atoms with E-state index in [0.29, 0.717) is 0 Å². The average molecular weight is 167 g/mol. The lowest BCUT2D eigenvalue weighted by Gasteiger charge is -2.00. The SMILES string of the molecule is FC(F)(F)Sc1cc[nH]c1. The molecular formula is C5H4F3NS. The van der Waals surface area contributed by atoms with Crippen molar-refractivity contribution in [2.75, 3.05) is 0 Å². The van der Waals surface area contributed by atoms with Crippen LogP contribution in [0.4, 0.5) is 13.2 Å². The average Bonchev–Trinajstić information content (AvgIpc) is 2.12. The van der Waals surface area contributed by atoms with Gasteiger partial charge in [-0.2, -0.15) is 13.2 Å². The highest BCUT2D eigenvalue weighted by Crippen LogP contribution is 2.36. The summed E-state index contributed by atoms with van der Waals surface area (Å²) >= 11 is -0.124. The lowest BCUT2D eigenvalue weighted by Crippen LogP contribution is -1.97. The van der Waals surface area contributed by atoms with E-state index in [0.717, 1.165) is 0 Å². The Hall–Kier alpha value is -0.580. The summed E-state index contributed by atoms with van der Waals surface area (Å²) < 4.78 is 34.7. The van der Waals surface area contributed by atoms with E-state index in [1.807, 2.05) is 0 Å². The molecule has 0 spiro atoms. The maximum atomic E-state index is 11.6. The van der Waals surface area contributed by atoms with Gasteiger partial charge in [-0.15, -0.1) is 0 Å². The van der Waals surface area contributed by atoms with Crippen molar-refractivity contribution in [1.82, 2.24) is 4.98 Å². The van der Waals surface area contributed by atoms with Gasteiger partial charge in [0.05, 0.1) is 0 Å². The highest BCUT2D eigenvalue weighted by atomic mass is 32.2. The van der Waals surface area contributed by atoms with Crippen LogP contribution >= 0.6 is 11.8 Å². The van der Waals surface area contributed by atoms with Crippen molar-refractivity contribution in [1.29, 1.82) is 0 Å². The van der Waals surface area contributed by atoms with Crippen LogP contribution in [0.1, 0.15) is 0 Å². The normalized spacial score (nSPS) is 11.9. The van der Waals surface area contributed by atoms with E-state index in [1.54, 1.807) is 0 Å². The zero-order valence-corrected chi connectivity index (χ0v) is 5.59. The van der Waals surface area contributed by atoms with Gasteiger partial charge in [-0.3, -0.25) is 0 Å². The molecule has 0 aliphatic heterocycles. The summed E-state index contributed by atoms with van der Waals surface area (Å²) in [4.78, 5) is 2.72. The largest absolute Gasteiger partial charge is 0.446 e. The van der Waals surface area contributed by atoms with E-state index >= 15 is 0 Å². The number of aromatic nitrogens is 1. The number of hydrogen-bond donors (Lipinski definition) is 1. The number of halogens is 3. The van der Waals surface area contributed by atoms with Crippen LogP contribution in [-0.4, -0.2) is 10.5 Å². The van der Waals surface area contributed by atoms with Crippen LogP contribution in [0.15, 0.2) is 23.4 Å². The van der Waals surface area contributed by atoms with Crippen LogP contribution < -0.4 is 0 Å². The van der Waals surface area contributed by atoms with Gasteiger partial charge in [0, 0.05) is 17.3 Å². The fraction of sp³-hybridized carbons (Fsp3) is 0.200. The predicted molar refractivity (Wildman–Crippen MR) is 32.7 cm³/mol. The summed E-state index contributed by atoms with van der Waals surface area (Å²) in [6, 6.07) is 1.37. The van der Waals surface area contributed by atoms with Gasteiger partial charge in [-0.25, -0.2) is 0 Å². The molecule has 0 unspecified atom stereocenters. The molecule has 1 heterocycles. The van der Waals surface area contributed by atoms with Crippen molar-refractivity contribution in [3.63, 3.8) is 0 Å². The molecule has 0 aliphatic rings. The first-order valence-electron chi connectivity index (χ1n) is 2.46. The van der Waals surface area contributed by atoms with Gasteiger partial charge >= 0.3 is 5.51 Å². The molecule has 1 rings (SSSR count). The molecule has 0 fully saturated rings. The molecule has 0 aromatic carbocycles. The second-order valence-corrected chi connectivity index (χ2v) is 2.73. The number of aromatic amines is 1. The Morgan fingerprint density at radius 1 is 1.40 bits per heavy atom. The lowest BCUT2D eigenvalue weighted by atomic mass is 10.7. The van der Waals surface area contributed by atoms with E-state index in [-0.39, 0.29) is 16.7 Å². The van der Waals surface area contributed by atoms with E-state index in [2.05, 4.69) is 4.98 Å². The third kappa shape index (κ3) is 2.34. The second kappa shape index (κ2) is 2.57. The van der Waals surface area contributed by atoms with Crippen molar-refractivity contribution in [3.05, 3.63) is 18.5 Å². The third-order valence-corrected chi connectivity index (χ3v) is 1.52. The summed E-state index contributed by atoms with van der Waals surface area (Å²) in [6.07, 6.45) is 2.76. The quantitative estimate of drug-likeness (QED) is 0.635. The minimum Gasteiger partial charge on any atom is -0.367 e. The Balaban J connectivity index is 2.57. The van der Waals surface area contributed by atoms with Gasteiger partial charge in [0.15, 0.2) is 0 Å². The second-order valence-electron chi connectivity index (χ2n) is 1.59. The van der Waals surface area contributed by atoms with Gasteiger partial charge in [0.2, 0.25) is 0 Å². The van der Waals surface area contributed by atoms with Crippen molar-refractivity contribution < 1.29 is 13.2 Å². The summed E-state index contributed by atoms with van der Waals surface area (Å²) in [5, 5.41) is 0. The fourth-order valence-electron chi connectivity index (χ4n) is 0.506. The molecule has 1 aromatic heterocycles. The highest BCUT2D eigenvalue weighted by molar-refractivity contribution is 8.00. The molecule has 0 saturated heterocycles. The van der Waals surface area contributed by atoms with Crippen molar-refractivity contribution in [2.45, 2.75) is 10.4 Å². The van der Waals surface area contributed by atoms with Crippen LogP contribution in [0.3, 0.4) is 0 Å². The highest BCUT2D eigenvalue weighted by Gasteiger charge is 2.29. The number of nitrogens with one attached hydrogen (secondary N) is 1. The van der Waals surface area contributed by atoms with Gasteiger partial charge < -0.3 is 4.98 Å². The van der Waals surface area contributed by atoms with Gasteiger partial charge in [-0.05, 0) is 17.8 Å². The molecule has 0 bridgehead atoms. The first-order valence-corrected chi connectivity index (χ1v) is 3.28. The van der Waals surface area contributed by atoms with Crippen LogP contribution in [-0.2, 0) is 0 Å². The molecule has 0 saturated carbocycles. The molecule has 1 nitrogen and oxygen atoms in total. The summed E-state index contributed by atoms with van der Waals surface area (Å²) in [5.41, 5.74) is -4.18. The number of hydrogen-bond acceptors (Lipinski definition) is 1. The zero-order valence-electron chi connectivity index (χ0n) is 4.77. The predicted octanol–water partition coefficient (Wildman–Crippen LogP) is 2.63. The monoisotopic (exact) mass is 167 g/mol. The van der Waals surface area contributed by atoms with E-state index < -0.39 is 5.51 Å². The number of rotatable bonds is 1. The Morgan fingerprint density at radius 3 is 2.50 bits per heavy atom. The van der Waals surface area contributed by atoms with E-state index in [1.165, 1.54) is 18.5 Å². The van der Waals surface area contributed by atoms with Crippen molar-refractivity contribution in [3.8, 4) is 0 Å². The topological polar surface area (TPSA) is 15.8 Å². The Morgan fingerprint density at radius 2 is 2.10 bits per heavy atom. The molecule has 0 aliphatic carbocycles. The van der Waals surface area contributed by atoms with Gasteiger partial charge in [0.1, 0.15) is 0 Å². The van der Waals surface area contributed by atoms with Crippen molar-refractivity contribution in [2.24, 2.45) is 0 Å². The molecular weight excluding hydrogens is 163 g/mol. The molecule has 5 heteroatoms. The fourth-order valence-corrected chi connectivity index (χ4v) is 1.04. The van der Waals surface area contributed by atoms with Crippen LogP contribution in [0.2, 0.25) is 0 Å². The van der Waals surface area contributed by atoms with Gasteiger partial charge in [0.25, 0.3) is 0 Å². The summed E-state index contributed by atoms with van der Waals surface area (Å²) in [7, 11) is 0. The number of alkyl halides is 3. The minimum absolute atomic E-state index is 0.124. The van der Waals surface area contributed by atoms with Crippen LogP contribution in [0.5, 0.6) is 0 Å². The molecule has 0 atom stereocenters. The number of H-pyrrole nitrogens is 1. The van der Waals surface area contributed by atoms with E-state index in [9.17, 15) is 13.2 Å². The third-order valence-electron chi connectivity index (χ3n) is 0.803. The summed E-state index contributed by atoms with van der Waals surface area (Å²) in [5.74, 6) is 0. The Bertz CT molecular complexity index is 191. The Labute approximate surface area is 59.6 Å². The molecule has 56 valence electrons. The van der Waals surface area contributed by atoms with Crippen LogP contribution in [0, 0.1) is 0 Å². The smallest absolute Gasteiger partial charge is 0.367 e. The standard InChI is InChI=1S/C5H4F3NS/c6-5(7,8)10-4-1-2-9-3-4/h1-3,9H. The first-order chi connectivity index (χ1) is 4.58. The molecule has 1 N–H and O–H groups in total. The molecule has 1 aromatic rings. The zero-order chi connectivity index (χ0) is 7.61. The molecule has 0 radical (unpaired) electrons. The minimum atomic E-state index is -4.18. The molecule has 0 amide bonds. The van der Waals surface area contributed by atoms with Crippen LogP contribution in [0.25, 0.3) is 0 Å². The van der Waals surface area contributed by atoms with E-state index in [4.69, 9.17) is 0 Å². The first kappa shape index (κ1) is 7.53. The Kier molecular flexibility index (Phi) is 1.94. The molecule has 10 heavy (non-hydrogen) atoms. The maximum Gasteiger partial charge on any atom is 0.446 e. The number of thioether (sulfide) groups is 1. The van der Waals surface area contributed by atoms with Gasteiger partial charge in [-0.1, -0.05) is 0 Å². The van der Waals surface area contributed by atoms with Crippen molar-refractivity contribution >= 4 is 11.8 Å². The summed E-state index contributed by atoms with van der Waals surface area (Å²) in [6.45, 7) is 0. The maximum absolute atomic E-state index is 11.6.